The number of hydrogen-bond donors (Lipinski definition) is 0. The zero-order valence-electron chi connectivity index (χ0n) is 11.9. The van der Waals surface area contributed by atoms with E-state index in [9.17, 15) is 9.59 Å². The zero-order chi connectivity index (χ0) is 15.0. The van der Waals surface area contributed by atoms with Crippen LogP contribution in [-0.4, -0.2) is 48.7 Å². The highest BCUT2D eigenvalue weighted by Gasteiger charge is 2.37. The summed E-state index contributed by atoms with van der Waals surface area (Å²) in [6.45, 7) is 4.55. The topological polar surface area (TPSA) is 60.8 Å². The van der Waals surface area contributed by atoms with Crippen LogP contribution in [0.5, 0.6) is 5.75 Å². The zero-order valence-corrected chi connectivity index (χ0v) is 13.5. The first-order chi connectivity index (χ1) is 9.43. The van der Waals surface area contributed by atoms with Crippen LogP contribution in [0, 0.1) is 0 Å². The number of esters is 1. The van der Waals surface area contributed by atoms with Gasteiger partial charge in [0.2, 0.25) is 0 Å². The van der Waals surface area contributed by atoms with Gasteiger partial charge in [-0.1, -0.05) is 0 Å². The van der Waals surface area contributed by atoms with Crippen molar-refractivity contribution in [3.63, 3.8) is 0 Å². The normalized spacial score (nSPS) is 17.9. The summed E-state index contributed by atoms with van der Waals surface area (Å²) in [5.74, 6) is -0.407. The standard InChI is InChI=1S/C13H17BrN2O4/c1-5-20-13(18)8-10(19-4)9-12(17)15(3)6-7(2)16(9)11(8)14/h7H,5-6H2,1-4H3. The van der Waals surface area contributed by atoms with E-state index in [-0.39, 0.29) is 29.9 Å². The van der Waals surface area contributed by atoms with Crippen LogP contribution in [-0.2, 0) is 4.74 Å². The molecule has 2 heterocycles. The molecule has 1 unspecified atom stereocenters. The van der Waals surface area contributed by atoms with Crippen LogP contribution in [0.2, 0.25) is 0 Å². The molecule has 0 bridgehead atoms. The molecule has 110 valence electrons. The van der Waals surface area contributed by atoms with Gasteiger partial charge in [-0.3, -0.25) is 4.79 Å². The third-order valence-electron chi connectivity index (χ3n) is 3.31. The molecule has 6 nitrogen and oxygen atoms in total. The number of nitrogens with zero attached hydrogens (tertiary/aromatic N) is 2. The first kappa shape index (κ1) is 14.9. The van der Waals surface area contributed by atoms with Gasteiger partial charge >= 0.3 is 5.97 Å². The lowest BCUT2D eigenvalue weighted by Gasteiger charge is -2.30. The summed E-state index contributed by atoms with van der Waals surface area (Å²) < 4.78 is 12.6. The quantitative estimate of drug-likeness (QED) is 0.787. The molecule has 1 amide bonds. The Balaban J connectivity index is 2.68. The van der Waals surface area contributed by atoms with Crippen molar-refractivity contribution in [3.8, 4) is 5.75 Å². The van der Waals surface area contributed by atoms with Gasteiger partial charge in [0.05, 0.1) is 13.7 Å². The SMILES string of the molecule is CCOC(=O)c1c(OC)c2n(c1Br)C(C)CN(C)C2=O. The summed E-state index contributed by atoms with van der Waals surface area (Å²) in [7, 11) is 3.17. The minimum atomic E-state index is -0.499. The van der Waals surface area contributed by atoms with E-state index < -0.39 is 5.97 Å². The number of ether oxygens (including phenoxy) is 2. The molecule has 0 radical (unpaired) electrons. The second-order valence-corrected chi connectivity index (χ2v) is 5.42. The Labute approximate surface area is 125 Å². The maximum absolute atomic E-state index is 12.3. The smallest absolute Gasteiger partial charge is 0.344 e. The predicted molar refractivity (Wildman–Crippen MR) is 76.3 cm³/mol. The van der Waals surface area contributed by atoms with Crippen molar-refractivity contribution in [2.45, 2.75) is 19.9 Å². The van der Waals surface area contributed by atoms with E-state index in [1.165, 1.54) is 7.11 Å². The van der Waals surface area contributed by atoms with E-state index in [1.807, 2.05) is 6.92 Å². The number of carbonyl (C=O) groups excluding carboxylic acids is 2. The molecule has 1 aliphatic rings. The molecular weight excluding hydrogens is 328 g/mol. The molecule has 20 heavy (non-hydrogen) atoms. The minimum absolute atomic E-state index is 0.0409. The molecule has 0 N–H and O–H groups in total. The molecule has 0 aromatic carbocycles. The van der Waals surface area contributed by atoms with E-state index in [0.717, 1.165) is 0 Å². The molecule has 1 aromatic heterocycles. The van der Waals surface area contributed by atoms with Gasteiger partial charge in [-0.25, -0.2) is 4.79 Å². The van der Waals surface area contributed by atoms with Crippen molar-refractivity contribution < 1.29 is 19.1 Å². The number of aromatic nitrogens is 1. The van der Waals surface area contributed by atoms with Gasteiger partial charge < -0.3 is 18.9 Å². The number of halogens is 1. The van der Waals surface area contributed by atoms with E-state index in [2.05, 4.69) is 15.9 Å². The first-order valence-corrected chi connectivity index (χ1v) is 7.13. The van der Waals surface area contributed by atoms with Crippen LogP contribution < -0.4 is 4.74 Å². The van der Waals surface area contributed by atoms with Gasteiger partial charge in [-0.2, -0.15) is 0 Å². The summed E-state index contributed by atoms with van der Waals surface area (Å²) >= 11 is 3.40. The van der Waals surface area contributed by atoms with Crippen LogP contribution >= 0.6 is 15.9 Å². The number of likely N-dealkylation sites (N-methyl/N-ethyl adjacent to an activating group) is 1. The molecule has 1 aromatic rings. The average molecular weight is 345 g/mol. The Hall–Kier alpha value is -1.50. The van der Waals surface area contributed by atoms with E-state index >= 15 is 0 Å². The number of rotatable bonds is 3. The number of fused-ring (bicyclic) bond motifs is 1. The summed E-state index contributed by atoms with van der Waals surface area (Å²) in [5.41, 5.74) is 0.642. The van der Waals surface area contributed by atoms with Crippen molar-refractivity contribution in [1.82, 2.24) is 9.47 Å². The Bertz CT molecular complexity index is 567. The van der Waals surface area contributed by atoms with Gasteiger partial charge in [-0.05, 0) is 29.8 Å². The van der Waals surface area contributed by atoms with Crippen LogP contribution in [0.3, 0.4) is 0 Å². The molecule has 0 aliphatic carbocycles. The van der Waals surface area contributed by atoms with Crippen LogP contribution in [0.1, 0.15) is 40.7 Å². The summed E-state index contributed by atoms with van der Waals surface area (Å²) in [5, 5.41) is 0. The number of hydrogen-bond acceptors (Lipinski definition) is 4. The summed E-state index contributed by atoms with van der Waals surface area (Å²) in [6.07, 6.45) is 0. The van der Waals surface area contributed by atoms with E-state index in [1.54, 1.807) is 23.4 Å². The average Bonchev–Trinajstić information content (AvgIpc) is 2.69. The highest BCUT2D eigenvalue weighted by molar-refractivity contribution is 9.10. The van der Waals surface area contributed by atoms with Gasteiger partial charge in [-0.15, -0.1) is 0 Å². The van der Waals surface area contributed by atoms with Crippen molar-refractivity contribution in [2.75, 3.05) is 27.3 Å². The van der Waals surface area contributed by atoms with E-state index in [4.69, 9.17) is 9.47 Å². The third kappa shape index (κ3) is 2.09. The molecule has 0 spiro atoms. The lowest BCUT2D eigenvalue weighted by Crippen LogP contribution is -2.39. The van der Waals surface area contributed by atoms with Gasteiger partial charge in [0.1, 0.15) is 10.2 Å². The van der Waals surface area contributed by atoms with Crippen molar-refractivity contribution >= 4 is 27.8 Å². The van der Waals surface area contributed by atoms with Gasteiger partial charge in [0, 0.05) is 19.6 Å². The molecule has 2 rings (SSSR count). The summed E-state index contributed by atoms with van der Waals surface area (Å²) in [4.78, 5) is 26.0. The lowest BCUT2D eigenvalue weighted by molar-refractivity contribution is 0.0521. The Kier molecular flexibility index (Phi) is 4.08. The second kappa shape index (κ2) is 5.47. The lowest BCUT2D eigenvalue weighted by atomic mass is 10.2. The second-order valence-electron chi connectivity index (χ2n) is 4.67. The Morgan fingerprint density at radius 1 is 1.50 bits per heavy atom. The monoisotopic (exact) mass is 344 g/mol. The first-order valence-electron chi connectivity index (χ1n) is 6.34. The maximum atomic E-state index is 12.3. The maximum Gasteiger partial charge on any atom is 0.344 e. The third-order valence-corrected chi connectivity index (χ3v) is 4.09. The summed E-state index contributed by atoms with van der Waals surface area (Å²) in [6, 6.07) is 0.0409. The van der Waals surface area contributed by atoms with Gasteiger partial charge in [0.25, 0.3) is 5.91 Å². The molecular formula is C13H17BrN2O4. The molecule has 0 saturated carbocycles. The fraction of sp³-hybridized carbons (Fsp3) is 0.538. The number of methoxy groups -OCH3 is 1. The molecule has 7 heteroatoms. The molecule has 1 atom stereocenters. The van der Waals surface area contributed by atoms with Crippen LogP contribution in [0.4, 0.5) is 0 Å². The number of carbonyl (C=O) groups is 2. The minimum Gasteiger partial charge on any atom is -0.493 e. The van der Waals surface area contributed by atoms with Crippen molar-refractivity contribution in [1.29, 1.82) is 0 Å². The number of amides is 1. The predicted octanol–water partition coefficient (Wildman–Crippen LogP) is 2.08. The van der Waals surface area contributed by atoms with Gasteiger partial charge in [0.15, 0.2) is 11.4 Å². The van der Waals surface area contributed by atoms with Crippen LogP contribution in [0.15, 0.2) is 4.60 Å². The van der Waals surface area contributed by atoms with Crippen molar-refractivity contribution in [3.05, 3.63) is 15.9 Å². The molecule has 1 aliphatic heterocycles. The highest BCUT2D eigenvalue weighted by Crippen LogP contribution is 2.40. The fourth-order valence-electron chi connectivity index (χ4n) is 2.47. The Morgan fingerprint density at radius 2 is 2.15 bits per heavy atom. The highest BCUT2D eigenvalue weighted by atomic mass is 79.9. The molecule has 0 fully saturated rings. The Morgan fingerprint density at radius 3 is 2.70 bits per heavy atom. The fourth-order valence-corrected chi connectivity index (χ4v) is 3.34. The van der Waals surface area contributed by atoms with E-state index in [0.29, 0.717) is 16.8 Å². The largest absolute Gasteiger partial charge is 0.493 e. The van der Waals surface area contributed by atoms with Crippen LogP contribution in [0.25, 0.3) is 0 Å². The van der Waals surface area contributed by atoms with Crippen molar-refractivity contribution in [2.24, 2.45) is 0 Å². The molecule has 0 saturated heterocycles.